The fraction of sp³-hybridized carbons (Fsp3) is 0.385. The van der Waals surface area contributed by atoms with Crippen LogP contribution in [0.5, 0.6) is 0 Å². The molecule has 1 aliphatic heterocycles. The van der Waals surface area contributed by atoms with Crippen LogP contribution < -0.4 is 10.6 Å². The fourth-order valence-corrected chi connectivity index (χ4v) is 2.34. The van der Waals surface area contributed by atoms with Gasteiger partial charge in [0.05, 0.1) is 0 Å². The molecule has 0 aliphatic carbocycles. The van der Waals surface area contributed by atoms with Gasteiger partial charge in [0.1, 0.15) is 5.54 Å². The molecular weight excluding hydrogens is 232 g/mol. The number of benzene rings is 1. The third-order valence-electron chi connectivity index (χ3n) is 3.11. The van der Waals surface area contributed by atoms with Crippen molar-refractivity contribution in [2.24, 2.45) is 0 Å². The van der Waals surface area contributed by atoms with E-state index in [9.17, 15) is 4.79 Å². The number of amides is 1. The number of thiocarbonyl (C=S) groups is 1. The highest BCUT2D eigenvalue weighted by Gasteiger charge is 2.41. The summed E-state index contributed by atoms with van der Waals surface area (Å²) in [5.41, 5.74) is 1.50. The molecule has 2 N–H and O–H groups in total. The van der Waals surface area contributed by atoms with Crippen LogP contribution in [0.1, 0.15) is 31.4 Å². The Balaban J connectivity index is 2.28. The van der Waals surface area contributed by atoms with Gasteiger partial charge < -0.3 is 10.6 Å². The van der Waals surface area contributed by atoms with E-state index in [1.807, 2.05) is 19.1 Å². The second-order valence-electron chi connectivity index (χ2n) is 4.48. The molecule has 1 heterocycles. The molecule has 0 radical (unpaired) electrons. The van der Waals surface area contributed by atoms with E-state index in [0.29, 0.717) is 5.11 Å². The molecule has 0 saturated carbocycles. The SMILES string of the molecule is CCCc1ccc(C2(C)NC(=S)NC2=O)cc1. The van der Waals surface area contributed by atoms with Crippen molar-refractivity contribution < 1.29 is 4.79 Å². The maximum absolute atomic E-state index is 11.9. The quantitative estimate of drug-likeness (QED) is 0.802. The minimum absolute atomic E-state index is 0.0919. The summed E-state index contributed by atoms with van der Waals surface area (Å²) in [7, 11) is 0. The van der Waals surface area contributed by atoms with Gasteiger partial charge in [-0.3, -0.25) is 4.79 Å². The van der Waals surface area contributed by atoms with Crippen molar-refractivity contribution in [3.8, 4) is 0 Å². The van der Waals surface area contributed by atoms with Gasteiger partial charge in [-0.1, -0.05) is 37.6 Å². The van der Waals surface area contributed by atoms with Crippen molar-refractivity contribution in [1.82, 2.24) is 10.6 Å². The zero-order valence-electron chi connectivity index (χ0n) is 10.0. The molecule has 1 saturated heterocycles. The molecule has 0 bridgehead atoms. The summed E-state index contributed by atoms with van der Waals surface area (Å²) >= 11 is 4.97. The number of carbonyl (C=O) groups is 1. The van der Waals surface area contributed by atoms with E-state index < -0.39 is 5.54 Å². The first kappa shape index (κ1) is 12.0. The average molecular weight is 248 g/mol. The predicted octanol–water partition coefficient (Wildman–Crippen LogP) is 1.86. The molecular formula is C13H16N2OS. The summed E-state index contributed by atoms with van der Waals surface area (Å²) in [5, 5.41) is 6.04. The summed E-state index contributed by atoms with van der Waals surface area (Å²) in [4.78, 5) is 11.9. The Hall–Kier alpha value is -1.42. The Bertz CT molecular complexity index is 455. The van der Waals surface area contributed by atoms with E-state index in [4.69, 9.17) is 12.2 Å². The number of aryl methyl sites for hydroxylation is 1. The molecule has 90 valence electrons. The van der Waals surface area contributed by atoms with E-state index in [-0.39, 0.29) is 5.91 Å². The number of hydrogen-bond acceptors (Lipinski definition) is 2. The van der Waals surface area contributed by atoms with Crippen LogP contribution in [0, 0.1) is 0 Å². The van der Waals surface area contributed by atoms with Gasteiger partial charge in [-0.2, -0.15) is 0 Å². The largest absolute Gasteiger partial charge is 0.345 e. The predicted molar refractivity (Wildman–Crippen MR) is 71.7 cm³/mol. The third-order valence-corrected chi connectivity index (χ3v) is 3.32. The first-order valence-corrected chi connectivity index (χ1v) is 6.20. The van der Waals surface area contributed by atoms with Gasteiger partial charge in [0.25, 0.3) is 5.91 Å². The Labute approximate surface area is 107 Å². The van der Waals surface area contributed by atoms with Crippen molar-refractivity contribution in [2.45, 2.75) is 32.2 Å². The van der Waals surface area contributed by atoms with Crippen LogP contribution in [-0.4, -0.2) is 11.0 Å². The summed E-state index contributed by atoms with van der Waals surface area (Å²) in [6.45, 7) is 4.00. The molecule has 1 aromatic rings. The molecule has 1 unspecified atom stereocenters. The Morgan fingerprint density at radius 2 is 1.94 bits per heavy atom. The summed E-state index contributed by atoms with van der Waals surface area (Å²) in [6.07, 6.45) is 2.19. The van der Waals surface area contributed by atoms with Crippen molar-refractivity contribution in [3.63, 3.8) is 0 Å². The van der Waals surface area contributed by atoms with Gasteiger partial charge in [-0.25, -0.2) is 0 Å². The van der Waals surface area contributed by atoms with Crippen molar-refractivity contribution >= 4 is 23.2 Å². The lowest BCUT2D eigenvalue weighted by atomic mass is 9.91. The van der Waals surface area contributed by atoms with Crippen LogP contribution in [0.3, 0.4) is 0 Å². The van der Waals surface area contributed by atoms with Crippen LogP contribution in [0.15, 0.2) is 24.3 Å². The first-order valence-electron chi connectivity index (χ1n) is 5.79. The Morgan fingerprint density at radius 1 is 1.29 bits per heavy atom. The zero-order valence-corrected chi connectivity index (χ0v) is 10.9. The maximum Gasteiger partial charge on any atom is 0.256 e. The fourth-order valence-electron chi connectivity index (χ4n) is 2.04. The van der Waals surface area contributed by atoms with Gasteiger partial charge in [-0.15, -0.1) is 0 Å². The van der Waals surface area contributed by atoms with E-state index in [2.05, 4.69) is 29.7 Å². The first-order chi connectivity index (χ1) is 8.06. The highest BCUT2D eigenvalue weighted by Crippen LogP contribution is 2.24. The minimum Gasteiger partial charge on any atom is -0.345 e. The average Bonchev–Trinajstić information content (AvgIpc) is 2.55. The van der Waals surface area contributed by atoms with Crippen LogP contribution in [-0.2, 0) is 16.8 Å². The lowest BCUT2D eigenvalue weighted by molar-refractivity contribution is -0.123. The molecule has 1 aromatic carbocycles. The highest BCUT2D eigenvalue weighted by atomic mass is 32.1. The van der Waals surface area contributed by atoms with E-state index in [1.165, 1.54) is 5.56 Å². The summed E-state index contributed by atoms with van der Waals surface area (Å²) in [5.74, 6) is -0.0919. The number of nitrogens with one attached hydrogen (secondary N) is 2. The van der Waals surface area contributed by atoms with E-state index >= 15 is 0 Å². The Kier molecular flexibility index (Phi) is 3.15. The molecule has 1 fully saturated rings. The lowest BCUT2D eigenvalue weighted by Gasteiger charge is -2.21. The maximum atomic E-state index is 11.9. The highest BCUT2D eigenvalue weighted by molar-refractivity contribution is 7.80. The number of hydrogen-bond donors (Lipinski definition) is 2. The molecule has 1 amide bonds. The molecule has 1 aliphatic rings. The molecule has 0 aromatic heterocycles. The van der Waals surface area contributed by atoms with E-state index in [0.717, 1.165) is 18.4 Å². The van der Waals surface area contributed by atoms with Crippen molar-refractivity contribution in [2.75, 3.05) is 0 Å². The lowest BCUT2D eigenvalue weighted by Crippen LogP contribution is -2.40. The molecule has 1 atom stereocenters. The normalized spacial score (nSPS) is 23.4. The molecule has 2 rings (SSSR count). The van der Waals surface area contributed by atoms with Gasteiger partial charge in [-0.05, 0) is 36.7 Å². The topological polar surface area (TPSA) is 41.1 Å². The summed E-state index contributed by atoms with van der Waals surface area (Å²) in [6, 6.07) is 8.12. The smallest absolute Gasteiger partial charge is 0.256 e. The number of carbonyl (C=O) groups excluding carboxylic acids is 1. The third kappa shape index (κ3) is 2.17. The monoisotopic (exact) mass is 248 g/mol. The van der Waals surface area contributed by atoms with Crippen LogP contribution in [0.4, 0.5) is 0 Å². The molecule has 0 spiro atoms. The second kappa shape index (κ2) is 4.45. The van der Waals surface area contributed by atoms with Crippen LogP contribution in [0.25, 0.3) is 0 Å². The van der Waals surface area contributed by atoms with Gasteiger partial charge in [0.15, 0.2) is 5.11 Å². The van der Waals surface area contributed by atoms with Crippen LogP contribution >= 0.6 is 12.2 Å². The standard InChI is InChI=1S/C13H16N2OS/c1-3-4-9-5-7-10(8-6-9)13(2)11(16)14-12(17)15-13/h5-8H,3-4H2,1-2H3,(H2,14,15,16,17). The molecule has 3 nitrogen and oxygen atoms in total. The second-order valence-corrected chi connectivity index (χ2v) is 4.89. The van der Waals surface area contributed by atoms with Gasteiger partial charge >= 0.3 is 0 Å². The molecule has 4 heteroatoms. The van der Waals surface area contributed by atoms with Crippen LogP contribution in [0.2, 0.25) is 0 Å². The minimum atomic E-state index is -0.734. The van der Waals surface area contributed by atoms with Crippen molar-refractivity contribution in [3.05, 3.63) is 35.4 Å². The zero-order chi connectivity index (χ0) is 12.5. The number of rotatable bonds is 3. The molecule has 17 heavy (non-hydrogen) atoms. The van der Waals surface area contributed by atoms with Gasteiger partial charge in [0.2, 0.25) is 0 Å². The Morgan fingerprint density at radius 3 is 2.41 bits per heavy atom. The van der Waals surface area contributed by atoms with Crippen molar-refractivity contribution in [1.29, 1.82) is 0 Å². The summed E-state index contributed by atoms with van der Waals surface area (Å²) < 4.78 is 0. The van der Waals surface area contributed by atoms with Gasteiger partial charge in [0, 0.05) is 0 Å². The van der Waals surface area contributed by atoms with E-state index in [1.54, 1.807) is 0 Å².